The van der Waals surface area contributed by atoms with E-state index in [1.54, 1.807) is 0 Å². The van der Waals surface area contributed by atoms with E-state index in [4.69, 9.17) is 5.11 Å². The molecule has 0 radical (unpaired) electrons. The molecule has 1 N–H and O–H groups in total. The van der Waals surface area contributed by atoms with Crippen molar-refractivity contribution < 1.29 is 9.90 Å². The molecule has 0 spiro atoms. The van der Waals surface area contributed by atoms with E-state index >= 15 is 0 Å². The Morgan fingerprint density at radius 1 is 1.21 bits per heavy atom. The molecule has 0 saturated heterocycles. The van der Waals surface area contributed by atoms with Gasteiger partial charge in [0.25, 0.3) is 0 Å². The van der Waals surface area contributed by atoms with Gasteiger partial charge in [0.2, 0.25) is 0 Å². The fourth-order valence-electron chi connectivity index (χ4n) is 1.84. The van der Waals surface area contributed by atoms with Gasteiger partial charge < -0.3 is 5.11 Å². The summed E-state index contributed by atoms with van der Waals surface area (Å²) in [6.07, 6.45) is 4.54. The van der Waals surface area contributed by atoms with Crippen LogP contribution in [0.2, 0.25) is 0 Å². The summed E-state index contributed by atoms with van der Waals surface area (Å²) in [7, 11) is 0. The van der Waals surface area contributed by atoms with E-state index < -0.39 is 6.61 Å². The van der Waals surface area contributed by atoms with Gasteiger partial charge in [-0.25, -0.2) is 9.97 Å². The van der Waals surface area contributed by atoms with Crippen LogP contribution in [0.4, 0.5) is 0 Å². The van der Waals surface area contributed by atoms with Gasteiger partial charge in [-0.2, -0.15) is 0 Å². The lowest BCUT2D eigenvalue weighted by atomic mass is 10.1. The Hall–Kier alpha value is -2.07. The lowest BCUT2D eigenvalue weighted by Gasteiger charge is -2.03. The van der Waals surface area contributed by atoms with Gasteiger partial charge in [0.1, 0.15) is 12.4 Å². The molecule has 4 nitrogen and oxygen atoms in total. The van der Waals surface area contributed by atoms with Crippen molar-refractivity contribution in [3.8, 4) is 0 Å². The van der Waals surface area contributed by atoms with Gasteiger partial charge in [0.15, 0.2) is 5.78 Å². The highest BCUT2D eigenvalue weighted by Gasteiger charge is 2.05. The SMILES string of the molecule is Cc1cccc(CCc2ncc(C(=O)CO)cn2)c1. The molecule has 0 fully saturated rings. The summed E-state index contributed by atoms with van der Waals surface area (Å²) in [6, 6.07) is 8.32. The first-order valence-corrected chi connectivity index (χ1v) is 6.19. The molecule has 2 aromatic rings. The van der Waals surface area contributed by atoms with Crippen LogP contribution in [0.25, 0.3) is 0 Å². The molecule has 0 unspecified atom stereocenters. The molecule has 0 aliphatic carbocycles. The quantitative estimate of drug-likeness (QED) is 0.828. The van der Waals surface area contributed by atoms with Gasteiger partial charge in [-0.1, -0.05) is 29.8 Å². The van der Waals surface area contributed by atoms with E-state index in [-0.39, 0.29) is 5.78 Å². The summed E-state index contributed by atoms with van der Waals surface area (Å²) in [6.45, 7) is 1.56. The Kier molecular flexibility index (Phi) is 4.36. The molecular formula is C15H16N2O2. The Labute approximate surface area is 112 Å². The van der Waals surface area contributed by atoms with Crippen molar-refractivity contribution in [1.82, 2.24) is 9.97 Å². The molecule has 1 heterocycles. The predicted octanol–water partition coefficient (Wildman–Crippen LogP) is 1.75. The van der Waals surface area contributed by atoms with E-state index in [0.717, 1.165) is 12.8 Å². The molecule has 0 aliphatic rings. The van der Waals surface area contributed by atoms with E-state index in [9.17, 15) is 4.79 Å². The minimum Gasteiger partial charge on any atom is -0.388 e. The monoisotopic (exact) mass is 256 g/mol. The van der Waals surface area contributed by atoms with Crippen LogP contribution in [-0.2, 0) is 12.8 Å². The van der Waals surface area contributed by atoms with Crippen molar-refractivity contribution in [2.45, 2.75) is 19.8 Å². The lowest BCUT2D eigenvalue weighted by molar-refractivity contribution is 0.0903. The van der Waals surface area contributed by atoms with E-state index in [1.165, 1.54) is 23.5 Å². The smallest absolute Gasteiger partial charge is 0.191 e. The van der Waals surface area contributed by atoms with Crippen molar-refractivity contribution in [2.75, 3.05) is 6.61 Å². The second kappa shape index (κ2) is 6.20. The number of hydrogen-bond donors (Lipinski definition) is 1. The fraction of sp³-hybridized carbons (Fsp3) is 0.267. The van der Waals surface area contributed by atoms with Crippen LogP contribution in [0.3, 0.4) is 0 Å². The van der Waals surface area contributed by atoms with Gasteiger partial charge in [-0.3, -0.25) is 4.79 Å². The molecule has 1 aromatic heterocycles. The Morgan fingerprint density at radius 3 is 2.58 bits per heavy atom. The second-order valence-electron chi connectivity index (χ2n) is 4.46. The van der Waals surface area contributed by atoms with Crippen molar-refractivity contribution in [3.05, 3.63) is 59.2 Å². The van der Waals surface area contributed by atoms with Crippen LogP contribution in [0.5, 0.6) is 0 Å². The number of ketones is 1. The number of carbonyl (C=O) groups is 1. The average molecular weight is 256 g/mol. The van der Waals surface area contributed by atoms with Crippen molar-refractivity contribution in [3.63, 3.8) is 0 Å². The molecule has 0 amide bonds. The van der Waals surface area contributed by atoms with Gasteiger partial charge >= 0.3 is 0 Å². The maximum atomic E-state index is 11.2. The fourth-order valence-corrected chi connectivity index (χ4v) is 1.84. The van der Waals surface area contributed by atoms with Crippen LogP contribution >= 0.6 is 0 Å². The minimum absolute atomic E-state index is 0.349. The molecule has 4 heteroatoms. The predicted molar refractivity (Wildman–Crippen MR) is 72.0 cm³/mol. The maximum Gasteiger partial charge on any atom is 0.191 e. The number of Topliss-reactive ketones (excluding diaryl/α,β-unsaturated/α-hetero) is 1. The maximum absolute atomic E-state index is 11.2. The topological polar surface area (TPSA) is 63.1 Å². The first kappa shape index (κ1) is 13.4. The third kappa shape index (κ3) is 3.69. The van der Waals surface area contributed by atoms with Crippen LogP contribution in [0.15, 0.2) is 36.7 Å². The number of carbonyl (C=O) groups excluding carboxylic acids is 1. The van der Waals surface area contributed by atoms with Crippen molar-refractivity contribution in [2.24, 2.45) is 0 Å². The molecule has 0 aliphatic heterocycles. The molecule has 19 heavy (non-hydrogen) atoms. The third-order valence-corrected chi connectivity index (χ3v) is 2.89. The van der Waals surface area contributed by atoms with Gasteiger partial charge in [0, 0.05) is 18.8 Å². The van der Waals surface area contributed by atoms with Crippen LogP contribution in [-0.4, -0.2) is 27.5 Å². The Balaban J connectivity index is 1.98. The Morgan fingerprint density at radius 2 is 1.95 bits per heavy atom. The summed E-state index contributed by atoms with van der Waals surface area (Å²) in [5, 5.41) is 8.73. The zero-order valence-corrected chi connectivity index (χ0v) is 10.8. The average Bonchev–Trinajstić information content (AvgIpc) is 2.45. The molecule has 0 bridgehead atoms. The van der Waals surface area contributed by atoms with Crippen LogP contribution in [0, 0.1) is 6.92 Å². The number of aromatic nitrogens is 2. The summed E-state index contributed by atoms with van der Waals surface area (Å²) >= 11 is 0. The molecule has 98 valence electrons. The van der Waals surface area contributed by atoms with Gasteiger partial charge in [-0.05, 0) is 18.9 Å². The van der Waals surface area contributed by atoms with E-state index in [2.05, 4.69) is 35.1 Å². The van der Waals surface area contributed by atoms with Crippen molar-refractivity contribution in [1.29, 1.82) is 0 Å². The largest absolute Gasteiger partial charge is 0.388 e. The molecule has 2 rings (SSSR count). The molecular weight excluding hydrogens is 240 g/mol. The minimum atomic E-state index is -0.508. The lowest BCUT2D eigenvalue weighted by Crippen LogP contribution is -2.07. The second-order valence-corrected chi connectivity index (χ2v) is 4.46. The van der Waals surface area contributed by atoms with Gasteiger partial charge in [0.05, 0.1) is 5.56 Å². The zero-order chi connectivity index (χ0) is 13.7. The number of hydrogen-bond acceptors (Lipinski definition) is 4. The molecule has 0 saturated carbocycles. The van der Waals surface area contributed by atoms with Crippen LogP contribution in [0.1, 0.15) is 27.3 Å². The van der Waals surface area contributed by atoms with E-state index in [0.29, 0.717) is 11.4 Å². The number of rotatable bonds is 5. The summed E-state index contributed by atoms with van der Waals surface area (Å²) in [5.41, 5.74) is 2.84. The molecule has 1 aromatic carbocycles. The number of nitrogens with zero attached hydrogens (tertiary/aromatic N) is 2. The zero-order valence-electron chi connectivity index (χ0n) is 10.8. The number of benzene rings is 1. The molecule has 0 atom stereocenters. The van der Waals surface area contributed by atoms with Crippen LogP contribution < -0.4 is 0 Å². The summed E-state index contributed by atoms with van der Waals surface area (Å²) in [4.78, 5) is 19.5. The highest BCUT2D eigenvalue weighted by molar-refractivity contribution is 5.96. The summed E-state index contributed by atoms with van der Waals surface area (Å²) in [5.74, 6) is 0.348. The highest BCUT2D eigenvalue weighted by Crippen LogP contribution is 2.07. The number of aliphatic hydroxyl groups excluding tert-OH is 1. The van der Waals surface area contributed by atoms with E-state index in [1.807, 2.05) is 6.07 Å². The standard InChI is InChI=1S/C15H16N2O2/c1-11-3-2-4-12(7-11)5-6-15-16-8-13(9-17-15)14(19)10-18/h2-4,7-9,18H,5-6,10H2,1H3. The van der Waals surface area contributed by atoms with Gasteiger partial charge in [-0.15, -0.1) is 0 Å². The highest BCUT2D eigenvalue weighted by atomic mass is 16.3. The van der Waals surface area contributed by atoms with Crippen molar-refractivity contribution >= 4 is 5.78 Å². The third-order valence-electron chi connectivity index (χ3n) is 2.89. The first-order chi connectivity index (χ1) is 9.19. The first-order valence-electron chi connectivity index (χ1n) is 6.19. The number of aliphatic hydroxyl groups is 1. The summed E-state index contributed by atoms with van der Waals surface area (Å²) < 4.78 is 0. The number of aryl methyl sites for hydroxylation is 3. The normalized spacial score (nSPS) is 10.4. The Bertz CT molecular complexity index is 565.